The van der Waals surface area contributed by atoms with Crippen molar-refractivity contribution in [3.63, 3.8) is 0 Å². The van der Waals surface area contributed by atoms with E-state index in [1.54, 1.807) is 0 Å². The standard InChI is InChI=1S/C17H15ClN2O7S/c1-10(16(21)19-15-9-12(20(23)24)5-8-14(15)18)27-17(22)11-3-6-13(7-4-11)28(2,25)26/h3-10H,1-2H3,(H,19,21)/t10-/m1/s1. The Labute approximate surface area is 165 Å². The fraction of sp³-hybridized carbons (Fsp3) is 0.176. The molecule has 1 N–H and O–H groups in total. The van der Waals surface area contributed by atoms with E-state index < -0.39 is 32.7 Å². The molecule has 0 fully saturated rings. The van der Waals surface area contributed by atoms with E-state index in [1.165, 1.54) is 43.3 Å². The molecular formula is C17H15ClN2O7S. The maximum absolute atomic E-state index is 12.2. The van der Waals surface area contributed by atoms with Crippen LogP contribution in [0.2, 0.25) is 5.02 Å². The number of rotatable bonds is 6. The van der Waals surface area contributed by atoms with E-state index in [2.05, 4.69) is 5.32 Å². The molecule has 2 aromatic rings. The van der Waals surface area contributed by atoms with E-state index in [4.69, 9.17) is 16.3 Å². The first kappa shape index (κ1) is 21.3. The van der Waals surface area contributed by atoms with Gasteiger partial charge in [-0.3, -0.25) is 14.9 Å². The number of nitrogens with one attached hydrogen (secondary N) is 1. The number of nitrogens with zero attached hydrogens (tertiary/aromatic N) is 1. The van der Waals surface area contributed by atoms with Gasteiger partial charge in [-0.25, -0.2) is 13.2 Å². The molecule has 1 amide bonds. The molecule has 0 unspecified atom stereocenters. The fourth-order valence-corrected chi connectivity index (χ4v) is 2.87. The van der Waals surface area contributed by atoms with E-state index in [-0.39, 0.29) is 26.9 Å². The minimum atomic E-state index is -3.41. The molecule has 1 atom stereocenters. The summed E-state index contributed by atoms with van der Waals surface area (Å²) in [4.78, 5) is 34.5. The number of amides is 1. The molecular weight excluding hydrogens is 412 g/mol. The average Bonchev–Trinajstić information content (AvgIpc) is 2.62. The van der Waals surface area contributed by atoms with Crippen molar-refractivity contribution in [1.29, 1.82) is 0 Å². The smallest absolute Gasteiger partial charge is 0.338 e. The van der Waals surface area contributed by atoms with Crippen LogP contribution < -0.4 is 5.32 Å². The topological polar surface area (TPSA) is 133 Å². The number of hydrogen-bond acceptors (Lipinski definition) is 7. The Morgan fingerprint density at radius 1 is 1.18 bits per heavy atom. The Morgan fingerprint density at radius 2 is 1.79 bits per heavy atom. The summed E-state index contributed by atoms with van der Waals surface area (Å²) in [5.41, 5.74) is -0.211. The molecule has 0 bridgehead atoms. The van der Waals surface area contributed by atoms with Crippen molar-refractivity contribution in [3.8, 4) is 0 Å². The van der Waals surface area contributed by atoms with Gasteiger partial charge in [0.2, 0.25) is 0 Å². The number of hydrogen-bond donors (Lipinski definition) is 1. The Hall–Kier alpha value is -2.98. The first-order chi connectivity index (χ1) is 13.0. The molecule has 28 heavy (non-hydrogen) atoms. The maximum Gasteiger partial charge on any atom is 0.338 e. The van der Waals surface area contributed by atoms with Crippen LogP contribution in [0.15, 0.2) is 47.4 Å². The molecule has 2 aromatic carbocycles. The van der Waals surface area contributed by atoms with Crippen LogP contribution in [0, 0.1) is 10.1 Å². The molecule has 0 aliphatic heterocycles. The summed E-state index contributed by atoms with van der Waals surface area (Å²) in [6.07, 6.45) is -0.205. The number of esters is 1. The SMILES string of the molecule is C[C@@H](OC(=O)c1ccc(S(C)(=O)=O)cc1)C(=O)Nc1cc([N+](=O)[O-])ccc1Cl. The molecule has 0 radical (unpaired) electrons. The summed E-state index contributed by atoms with van der Waals surface area (Å²) in [6.45, 7) is 1.31. The second-order valence-corrected chi connectivity index (χ2v) is 8.18. The number of ether oxygens (including phenoxy) is 1. The molecule has 0 saturated carbocycles. The number of halogens is 1. The first-order valence-electron chi connectivity index (χ1n) is 7.75. The van der Waals surface area contributed by atoms with Gasteiger partial charge in [0.1, 0.15) is 0 Å². The lowest BCUT2D eigenvalue weighted by atomic mass is 10.2. The predicted molar refractivity (Wildman–Crippen MR) is 101 cm³/mol. The lowest BCUT2D eigenvalue weighted by molar-refractivity contribution is -0.384. The van der Waals surface area contributed by atoms with Gasteiger partial charge in [-0.15, -0.1) is 0 Å². The Kier molecular flexibility index (Phi) is 6.37. The zero-order valence-corrected chi connectivity index (χ0v) is 16.3. The molecule has 2 rings (SSSR count). The van der Waals surface area contributed by atoms with E-state index in [1.807, 2.05) is 0 Å². The van der Waals surface area contributed by atoms with Gasteiger partial charge in [0.15, 0.2) is 15.9 Å². The Bertz CT molecular complexity index is 1040. The van der Waals surface area contributed by atoms with E-state index >= 15 is 0 Å². The largest absolute Gasteiger partial charge is 0.449 e. The van der Waals surface area contributed by atoms with Gasteiger partial charge in [0.05, 0.1) is 26.1 Å². The van der Waals surface area contributed by atoms with Gasteiger partial charge in [-0.2, -0.15) is 0 Å². The molecule has 9 nitrogen and oxygen atoms in total. The normalized spacial score (nSPS) is 12.1. The van der Waals surface area contributed by atoms with Gasteiger partial charge in [0, 0.05) is 18.4 Å². The number of benzene rings is 2. The molecule has 0 aliphatic rings. The number of non-ortho nitro benzene ring substituents is 1. The van der Waals surface area contributed by atoms with Crippen molar-refractivity contribution in [2.45, 2.75) is 17.9 Å². The molecule has 0 aliphatic carbocycles. The number of nitro benzene ring substituents is 1. The van der Waals surface area contributed by atoms with Crippen molar-refractivity contribution in [3.05, 3.63) is 63.2 Å². The highest BCUT2D eigenvalue weighted by molar-refractivity contribution is 7.90. The van der Waals surface area contributed by atoms with Gasteiger partial charge in [0.25, 0.3) is 11.6 Å². The number of sulfone groups is 1. The van der Waals surface area contributed by atoms with Crippen molar-refractivity contribution in [2.24, 2.45) is 0 Å². The lowest BCUT2D eigenvalue weighted by Crippen LogP contribution is -2.30. The summed E-state index contributed by atoms with van der Waals surface area (Å²) >= 11 is 5.91. The van der Waals surface area contributed by atoms with Crippen LogP contribution in [0.25, 0.3) is 0 Å². The minimum Gasteiger partial charge on any atom is -0.449 e. The summed E-state index contributed by atoms with van der Waals surface area (Å²) in [5, 5.41) is 13.3. The molecule has 0 spiro atoms. The Morgan fingerprint density at radius 3 is 2.32 bits per heavy atom. The minimum absolute atomic E-state index is 0.00118. The number of anilines is 1. The average molecular weight is 427 g/mol. The van der Waals surface area contributed by atoms with Crippen LogP contribution in [0.3, 0.4) is 0 Å². The van der Waals surface area contributed by atoms with E-state index in [0.717, 1.165) is 12.3 Å². The third-order valence-electron chi connectivity index (χ3n) is 3.59. The van der Waals surface area contributed by atoms with Gasteiger partial charge in [-0.05, 0) is 37.3 Å². The second kappa shape index (κ2) is 8.36. The predicted octanol–water partition coefficient (Wildman–Crippen LogP) is 2.84. The Balaban J connectivity index is 2.07. The fourth-order valence-electron chi connectivity index (χ4n) is 2.08. The van der Waals surface area contributed by atoms with Crippen LogP contribution in [-0.4, -0.2) is 37.6 Å². The van der Waals surface area contributed by atoms with Gasteiger partial charge < -0.3 is 10.1 Å². The molecule has 0 saturated heterocycles. The molecule has 0 heterocycles. The van der Waals surface area contributed by atoms with Crippen LogP contribution in [0.1, 0.15) is 17.3 Å². The zero-order chi connectivity index (χ0) is 21.1. The molecule has 148 valence electrons. The first-order valence-corrected chi connectivity index (χ1v) is 10.0. The van der Waals surface area contributed by atoms with Gasteiger partial charge >= 0.3 is 5.97 Å². The summed E-state index contributed by atoms with van der Waals surface area (Å²) in [7, 11) is -3.41. The van der Waals surface area contributed by atoms with E-state index in [0.29, 0.717) is 0 Å². The number of carbonyl (C=O) groups is 2. The van der Waals surface area contributed by atoms with Gasteiger partial charge in [-0.1, -0.05) is 11.6 Å². The van der Waals surface area contributed by atoms with Crippen LogP contribution in [-0.2, 0) is 19.4 Å². The monoisotopic (exact) mass is 426 g/mol. The van der Waals surface area contributed by atoms with E-state index in [9.17, 15) is 28.1 Å². The maximum atomic E-state index is 12.2. The van der Waals surface area contributed by atoms with Crippen molar-refractivity contribution >= 4 is 44.7 Å². The van der Waals surface area contributed by atoms with Crippen molar-refractivity contribution in [2.75, 3.05) is 11.6 Å². The molecule has 11 heteroatoms. The third-order valence-corrected chi connectivity index (χ3v) is 5.05. The summed E-state index contributed by atoms with van der Waals surface area (Å²) in [5.74, 6) is -1.59. The second-order valence-electron chi connectivity index (χ2n) is 5.75. The number of carbonyl (C=O) groups excluding carboxylic acids is 2. The quantitative estimate of drug-likeness (QED) is 0.426. The van der Waals surface area contributed by atoms with Crippen molar-refractivity contribution in [1.82, 2.24) is 0 Å². The van der Waals surface area contributed by atoms with Crippen LogP contribution in [0.5, 0.6) is 0 Å². The third kappa shape index (κ3) is 5.27. The lowest BCUT2D eigenvalue weighted by Gasteiger charge is -2.14. The van der Waals surface area contributed by atoms with Crippen molar-refractivity contribution < 1.29 is 27.7 Å². The number of nitro groups is 1. The zero-order valence-electron chi connectivity index (χ0n) is 14.7. The van der Waals surface area contributed by atoms with Crippen LogP contribution >= 0.6 is 11.6 Å². The highest BCUT2D eigenvalue weighted by Crippen LogP contribution is 2.27. The van der Waals surface area contributed by atoms with Crippen LogP contribution in [0.4, 0.5) is 11.4 Å². The summed E-state index contributed by atoms with van der Waals surface area (Å²) < 4.78 is 27.9. The highest BCUT2D eigenvalue weighted by atomic mass is 35.5. The summed E-state index contributed by atoms with van der Waals surface area (Å²) in [6, 6.07) is 8.55. The molecule has 0 aromatic heterocycles. The highest BCUT2D eigenvalue weighted by Gasteiger charge is 2.21.